The van der Waals surface area contributed by atoms with Crippen molar-refractivity contribution < 1.29 is 14.3 Å². The molecule has 2 aromatic carbocycles. The summed E-state index contributed by atoms with van der Waals surface area (Å²) in [5.41, 5.74) is 2.49. The summed E-state index contributed by atoms with van der Waals surface area (Å²) in [4.78, 5) is 14.7. The van der Waals surface area contributed by atoms with Gasteiger partial charge in [-0.05, 0) is 5.56 Å². The van der Waals surface area contributed by atoms with Crippen molar-refractivity contribution in [1.82, 2.24) is 0 Å². The van der Waals surface area contributed by atoms with Gasteiger partial charge in [0.15, 0.2) is 11.5 Å². The first-order valence-electron chi connectivity index (χ1n) is 7.69. The number of nitrogens with zero attached hydrogens (tertiary/aromatic N) is 1. The van der Waals surface area contributed by atoms with Crippen molar-refractivity contribution in [3.8, 4) is 11.5 Å². The molecular weight excluding hydrogens is 304 g/mol. The summed E-state index contributed by atoms with van der Waals surface area (Å²) < 4.78 is 10.7. The number of rotatable bonds is 5. The van der Waals surface area contributed by atoms with E-state index in [9.17, 15) is 4.79 Å². The van der Waals surface area contributed by atoms with Gasteiger partial charge in [0.25, 0.3) is 5.91 Å². The van der Waals surface area contributed by atoms with Crippen molar-refractivity contribution in [2.75, 3.05) is 31.0 Å². The van der Waals surface area contributed by atoms with Crippen LogP contribution in [0.5, 0.6) is 11.5 Å². The minimum Gasteiger partial charge on any atom is -0.493 e. The van der Waals surface area contributed by atoms with Crippen molar-refractivity contribution >= 4 is 17.3 Å². The quantitative estimate of drug-likeness (QED) is 0.857. The number of nitrogens with one attached hydrogen (secondary N) is 1. The Balaban J connectivity index is 2.10. The minimum absolute atomic E-state index is 0.0270. The lowest BCUT2D eigenvalue weighted by Gasteiger charge is -2.35. The highest BCUT2D eigenvalue weighted by Gasteiger charge is 2.34. The van der Waals surface area contributed by atoms with E-state index < -0.39 is 6.04 Å². The summed E-state index contributed by atoms with van der Waals surface area (Å²) in [5.74, 6) is 1.17. The molecule has 5 nitrogen and oxygen atoms in total. The average molecular weight is 324 g/mol. The molecule has 1 heterocycles. The molecule has 0 saturated carbocycles. The standard InChI is InChI=1S/C19H20N2O3/c1-4-10-21-15-12-17(24-3)16(23-2)11-14(15)20-18(19(21)22)13-8-6-5-7-9-13/h4-9,11-12,18,20H,1,10H2,2-3H3. The van der Waals surface area contributed by atoms with Crippen LogP contribution >= 0.6 is 0 Å². The SMILES string of the molecule is C=CCN1C(=O)C(c2ccccc2)Nc2cc(OC)c(OC)cc21. The molecule has 0 bridgehead atoms. The maximum atomic E-state index is 13.0. The highest BCUT2D eigenvalue weighted by Crippen LogP contribution is 2.43. The number of carbonyl (C=O) groups is 1. The number of amides is 1. The second kappa shape index (κ2) is 6.66. The Hall–Kier alpha value is -2.95. The van der Waals surface area contributed by atoms with Crippen LogP contribution in [-0.4, -0.2) is 26.7 Å². The molecule has 0 radical (unpaired) electrons. The summed E-state index contributed by atoms with van der Waals surface area (Å²) in [6.45, 7) is 4.19. The Labute approximate surface area is 141 Å². The summed E-state index contributed by atoms with van der Waals surface area (Å²) >= 11 is 0. The van der Waals surface area contributed by atoms with Crippen LogP contribution in [0, 0.1) is 0 Å². The van der Waals surface area contributed by atoms with Gasteiger partial charge < -0.3 is 19.7 Å². The maximum absolute atomic E-state index is 13.0. The predicted molar refractivity (Wildman–Crippen MR) is 94.9 cm³/mol. The number of ether oxygens (including phenoxy) is 2. The molecule has 124 valence electrons. The number of carbonyl (C=O) groups excluding carboxylic acids is 1. The molecule has 0 spiro atoms. The summed E-state index contributed by atoms with van der Waals surface area (Å²) in [6, 6.07) is 12.9. The Morgan fingerprint density at radius 2 is 1.83 bits per heavy atom. The van der Waals surface area contributed by atoms with Crippen LogP contribution in [0.1, 0.15) is 11.6 Å². The smallest absolute Gasteiger partial charge is 0.254 e. The Morgan fingerprint density at radius 1 is 1.17 bits per heavy atom. The van der Waals surface area contributed by atoms with Crippen LogP contribution in [0.3, 0.4) is 0 Å². The van der Waals surface area contributed by atoms with Gasteiger partial charge in [0, 0.05) is 18.7 Å². The van der Waals surface area contributed by atoms with E-state index >= 15 is 0 Å². The number of fused-ring (bicyclic) bond motifs is 1. The van der Waals surface area contributed by atoms with Crippen molar-refractivity contribution in [3.05, 3.63) is 60.7 Å². The Kier molecular flexibility index (Phi) is 4.42. The largest absolute Gasteiger partial charge is 0.493 e. The van der Waals surface area contributed by atoms with Crippen LogP contribution in [0.4, 0.5) is 11.4 Å². The molecule has 0 fully saturated rings. The average Bonchev–Trinajstić information content (AvgIpc) is 2.63. The molecule has 1 unspecified atom stereocenters. The van der Waals surface area contributed by atoms with Crippen molar-refractivity contribution in [2.24, 2.45) is 0 Å². The molecule has 0 aliphatic carbocycles. The fraction of sp³-hybridized carbons (Fsp3) is 0.211. The van der Waals surface area contributed by atoms with Crippen LogP contribution in [0.15, 0.2) is 55.1 Å². The molecule has 0 aromatic heterocycles. The molecule has 1 atom stereocenters. The van der Waals surface area contributed by atoms with Crippen LogP contribution in [-0.2, 0) is 4.79 Å². The number of methoxy groups -OCH3 is 2. The minimum atomic E-state index is -0.447. The lowest BCUT2D eigenvalue weighted by molar-refractivity contribution is -0.119. The highest BCUT2D eigenvalue weighted by molar-refractivity contribution is 6.06. The van der Waals surface area contributed by atoms with E-state index in [2.05, 4.69) is 11.9 Å². The van der Waals surface area contributed by atoms with Gasteiger partial charge >= 0.3 is 0 Å². The predicted octanol–water partition coefficient (Wildman–Crippen LogP) is 3.39. The molecular formula is C19H20N2O3. The molecule has 1 amide bonds. The van der Waals surface area contributed by atoms with Gasteiger partial charge in [-0.15, -0.1) is 6.58 Å². The van der Waals surface area contributed by atoms with E-state index in [1.165, 1.54) is 0 Å². The van der Waals surface area contributed by atoms with E-state index in [-0.39, 0.29) is 5.91 Å². The van der Waals surface area contributed by atoms with Gasteiger partial charge in [-0.25, -0.2) is 0 Å². The molecule has 5 heteroatoms. The molecule has 3 rings (SSSR count). The Morgan fingerprint density at radius 3 is 2.46 bits per heavy atom. The molecule has 2 aromatic rings. The van der Waals surface area contributed by atoms with Crippen LogP contribution in [0.25, 0.3) is 0 Å². The van der Waals surface area contributed by atoms with E-state index in [0.29, 0.717) is 18.0 Å². The lowest BCUT2D eigenvalue weighted by Crippen LogP contribution is -2.42. The van der Waals surface area contributed by atoms with E-state index in [1.54, 1.807) is 25.2 Å². The van der Waals surface area contributed by atoms with E-state index in [4.69, 9.17) is 9.47 Å². The number of hydrogen-bond donors (Lipinski definition) is 1. The van der Waals surface area contributed by atoms with Crippen LogP contribution in [0.2, 0.25) is 0 Å². The fourth-order valence-corrected chi connectivity index (χ4v) is 2.89. The summed E-state index contributed by atoms with van der Waals surface area (Å²) in [5, 5.41) is 3.32. The third-order valence-corrected chi connectivity index (χ3v) is 4.05. The molecule has 24 heavy (non-hydrogen) atoms. The topological polar surface area (TPSA) is 50.8 Å². The van der Waals surface area contributed by atoms with Crippen molar-refractivity contribution in [2.45, 2.75) is 6.04 Å². The first-order valence-corrected chi connectivity index (χ1v) is 7.69. The zero-order valence-corrected chi connectivity index (χ0v) is 13.8. The third-order valence-electron chi connectivity index (χ3n) is 4.05. The van der Waals surface area contributed by atoms with Crippen LogP contribution < -0.4 is 19.7 Å². The van der Waals surface area contributed by atoms with Gasteiger partial charge in [-0.1, -0.05) is 36.4 Å². The van der Waals surface area contributed by atoms with Gasteiger partial charge in [-0.2, -0.15) is 0 Å². The fourth-order valence-electron chi connectivity index (χ4n) is 2.89. The molecule has 1 aliphatic heterocycles. The number of hydrogen-bond acceptors (Lipinski definition) is 4. The first-order chi connectivity index (χ1) is 11.7. The van der Waals surface area contributed by atoms with Crippen molar-refractivity contribution in [1.29, 1.82) is 0 Å². The summed E-state index contributed by atoms with van der Waals surface area (Å²) in [6.07, 6.45) is 1.71. The monoisotopic (exact) mass is 324 g/mol. The lowest BCUT2D eigenvalue weighted by atomic mass is 10.0. The maximum Gasteiger partial charge on any atom is 0.254 e. The van der Waals surface area contributed by atoms with E-state index in [1.807, 2.05) is 42.5 Å². The van der Waals surface area contributed by atoms with E-state index in [0.717, 1.165) is 16.9 Å². The number of benzene rings is 2. The van der Waals surface area contributed by atoms with Crippen molar-refractivity contribution in [3.63, 3.8) is 0 Å². The molecule has 1 aliphatic rings. The Bertz CT molecular complexity index is 759. The molecule has 1 N–H and O–H groups in total. The highest BCUT2D eigenvalue weighted by atomic mass is 16.5. The van der Waals surface area contributed by atoms with Gasteiger partial charge in [-0.3, -0.25) is 4.79 Å². The summed E-state index contributed by atoms with van der Waals surface area (Å²) in [7, 11) is 3.17. The van der Waals surface area contributed by atoms with Gasteiger partial charge in [0.05, 0.1) is 25.6 Å². The number of anilines is 2. The zero-order chi connectivity index (χ0) is 17.1. The van der Waals surface area contributed by atoms with Gasteiger partial charge in [0.2, 0.25) is 0 Å². The van der Waals surface area contributed by atoms with Gasteiger partial charge in [0.1, 0.15) is 6.04 Å². The second-order valence-corrected chi connectivity index (χ2v) is 5.45. The third kappa shape index (κ3) is 2.69. The second-order valence-electron chi connectivity index (χ2n) is 5.45. The molecule has 0 saturated heterocycles. The zero-order valence-electron chi connectivity index (χ0n) is 13.8. The first kappa shape index (κ1) is 15.9. The normalized spacial score (nSPS) is 16.2.